The first kappa shape index (κ1) is 15.3. The lowest BCUT2D eigenvalue weighted by Gasteiger charge is -2.12. The minimum absolute atomic E-state index is 0.0495. The lowest BCUT2D eigenvalue weighted by atomic mass is 10.2. The molecule has 0 saturated carbocycles. The molecule has 0 aliphatic carbocycles. The van der Waals surface area contributed by atoms with E-state index in [1.54, 1.807) is 32.0 Å². The summed E-state index contributed by atoms with van der Waals surface area (Å²) >= 11 is 5.89. The number of rotatable bonds is 6. The van der Waals surface area contributed by atoms with E-state index in [1.807, 2.05) is 0 Å². The van der Waals surface area contributed by atoms with Crippen molar-refractivity contribution in [3.05, 3.63) is 28.8 Å². The highest BCUT2D eigenvalue weighted by molar-refractivity contribution is 7.91. The van der Waals surface area contributed by atoms with Crippen molar-refractivity contribution in [2.45, 2.75) is 25.7 Å². The highest BCUT2D eigenvalue weighted by Gasteiger charge is 2.16. The van der Waals surface area contributed by atoms with E-state index in [0.717, 1.165) is 0 Å². The second-order valence-corrected chi connectivity index (χ2v) is 7.22. The van der Waals surface area contributed by atoms with Crippen molar-refractivity contribution in [2.24, 2.45) is 0 Å². The molecule has 102 valence electrons. The number of hydrogen-bond donors (Lipinski definition) is 1. The highest BCUT2D eigenvalue weighted by Crippen LogP contribution is 2.26. The third-order valence-corrected chi connectivity index (χ3v) is 5.10. The summed E-state index contributed by atoms with van der Waals surface area (Å²) in [4.78, 5) is 0. The second-order valence-electron chi connectivity index (χ2n) is 4.14. The minimum atomic E-state index is -3.12. The van der Waals surface area contributed by atoms with E-state index in [9.17, 15) is 8.42 Å². The van der Waals surface area contributed by atoms with Crippen LogP contribution >= 0.6 is 11.6 Å². The molecule has 0 fully saturated rings. The van der Waals surface area contributed by atoms with E-state index < -0.39 is 15.1 Å². The zero-order valence-corrected chi connectivity index (χ0v) is 12.0. The number of aliphatic hydroxyl groups excluding tert-OH is 1. The number of ether oxygens (including phenoxy) is 1. The van der Waals surface area contributed by atoms with Crippen molar-refractivity contribution in [1.29, 1.82) is 0 Å². The van der Waals surface area contributed by atoms with Gasteiger partial charge in [-0.25, -0.2) is 8.42 Å². The summed E-state index contributed by atoms with van der Waals surface area (Å²) in [6.45, 7) is 3.07. The first-order valence-electron chi connectivity index (χ1n) is 5.61. The van der Waals surface area contributed by atoms with Crippen LogP contribution in [0.3, 0.4) is 0 Å². The first-order chi connectivity index (χ1) is 8.38. The molecule has 6 heteroatoms. The van der Waals surface area contributed by atoms with E-state index in [2.05, 4.69) is 0 Å². The first-order valence-corrected chi connectivity index (χ1v) is 7.70. The molecule has 0 amide bonds. The molecule has 0 radical (unpaired) electrons. The van der Waals surface area contributed by atoms with Crippen LogP contribution in [0, 0.1) is 0 Å². The van der Waals surface area contributed by atoms with Crippen LogP contribution in [0.25, 0.3) is 0 Å². The topological polar surface area (TPSA) is 63.6 Å². The van der Waals surface area contributed by atoms with Gasteiger partial charge in [0.15, 0.2) is 9.84 Å². The van der Waals surface area contributed by atoms with Gasteiger partial charge in [-0.3, -0.25) is 0 Å². The van der Waals surface area contributed by atoms with Gasteiger partial charge >= 0.3 is 0 Å². The molecule has 0 unspecified atom stereocenters. The van der Waals surface area contributed by atoms with Crippen LogP contribution in [0.4, 0.5) is 0 Å². The van der Waals surface area contributed by atoms with Crippen LogP contribution < -0.4 is 4.74 Å². The fraction of sp³-hybridized carbons (Fsp3) is 0.500. The standard InChI is InChI=1S/C12H17ClO4S/c1-9(2)18(15,16)7-6-17-12-5-3-4-11(13)10(12)8-14/h3-5,9,14H,6-8H2,1-2H3. The van der Waals surface area contributed by atoms with Crippen molar-refractivity contribution in [3.63, 3.8) is 0 Å². The molecule has 1 rings (SSSR count). The fourth-order valence-electron chi connectivity index (χ4n) is 1.33. The van der Waals surface area contributed by atoms with Gasteiger partial charge in [0, 0.05) is 10.6 Å². The molecule has 0 aliphatic rings. The maximum Gasteiger partial charge on any atom is 0.155 e. The Balaban J connectivity index is 2.68. The molecule has 18 heavy (non-hydrogen) atoms. The monoisotopic (exact) mass is 292 g/mol. The molecule has 0 atom stereocenters. The number of benzene rings is 1. The zero-order valence-electron chi connectivity index (χ0n) is 10.4. The third kappa shape index (κ3) is 3.86. The Kier molecular flexibility index (Phi) is 5.44. The summed E-state index contributed by atoms with van der Waals surface area (Å²) in [7, 11) is -3.12. The molecule has 0 aromatic heterocycles. The zero-order chi connectivity index (χ0) is 13.8. The summed E-state index contributed by atoms with van der Waals surface area (Å²) in [6.07, 6.45) is 0. The number of sulfone groups is 1. The van der Waals surface area contributed by atoms with E-state index >= 15 is 0 Å². The van der Waals surface area contributed by atoms with Crippen LogP contribution in [-0.4, -0.2) is 31.1 Å². The van der Waals surface area contributed by atoms with Crippen molar-refractivity contribution in [3.8, 4) is 5.75 Å². The lowest BCUT2D eigenvalue weighted by Crippen LogP contribution is -2.22. The molecule has 0 saturated heterocycles. The fourth-order valence-corrected chi connectivity index (χ4v) is 2.34. The third-order valence-electron chi connectivity index (χ3n) is 2.58. The lowest BCUT2D eigenvalue weighted by molar-refractivity contribution is 0.267. The molecular formula is C12H17ClO4S. The molecular weight excluding hydrogens is 276 g/mol. The van der Waals surface area contributed by atoms with Crippen LogP contribution in [0.15, 0.2) is 18.2 Å². The van der Waals surface area contributed by atoms with Gasteiger partial charge in [0.2, 0.25) is 0 Å². The number of hydrogen-bond acceptors (Lipinski definition) is 4. The Morgan fingerprint density at radius 3 is 2.61 bits per heavy atom. The average Bonchev–Trinajstić information content (AvgIpc) is 2.29. The van der Waals surface area contributed by atoms with E-state index in [-0.39, 0.29) is 19.0 Å². The van der Waals surface area contributed by atoms with Gasteiger partial charge in [-0.05, 0) is 26.0 Å². The van der Waals surface area contributed by atoms with Crippen LogP contribution in [-0.2, 0) is 16.4 Å². The quantitative estimate of drug-likeness (QED) is 0.871. The Hall–Kier alpha value is -0.780. The van der Waals surface area contributed by atoms with Crippen molar-refractivity contribution < 1.29 is 18.3 Å². The Bertz CT molecular complexity index is 497. The SMILES string of the molecule is CC(C)S(=O)(=O)CCOc1cccc(Cl)c1CO. The molecule has 0 heterocycles. The van der Waals surface area contributed by atoms with Crippen molar-refractivity contribution in [2.75, 3.05) is 12.4 Å². The van der Waals surface area contributed by atoms with Gasteiger partial charge in [0.05, 0.1) is 17.6 Å². The molecule has 0 bridgehead atoms. The van der Waals surface area contributed by atoms with Crippen LogP contribution in [0.2, 0.25) is 5.02 Å². The maximum absolute atomic E-state index is 11.6. The summed E-state index contributed by atoms with van der Waals surface area (Å²) in [6, 6.07) is 4.98. The van der Waals surface area contributed by atoms with E-state index in [1.165, 1.54) is 0 Å². The summed E-state index contributed by atoms with van der Waals surface area (Å²) in [5.74, 6) is 0.367. The second kappa shape index (κ2) is 6.41. The smallest absolute Gasteiger partial charge is 0.155 e. The molecule has 0 spiro atoms. The Morgan fingerprint density at radius 2 is 2.06 bits per heavy atom. The average molecular weight is 293 g/mol. The largest absolute Gasteiger partial charge is 0.492 e. The molecule has 1 aromatic carbocycles. The molecule has 1 N–H and O–H groups in total. The normalized spacial score (nSPS) is 11.8. The van der Waals surface area contributed by atoms with Gasteiger partial charge in [-0.15, -0.1) is 0 Å². The number of aliphatic hydroxyl groups is 1. The van der Waals surface area contributed by atoms with Crippen LogP contribution in [0.1, 0.15) is 19.4 Å². The van der Waals surface area contributed by atoms with Gasteiger partial charge in [-0.2, -0.15) is 0 Å². The van der Waals surface area contributed by atoms with E-state index in [4.69, 9.17) is 21.4 Å². The highest BCUT2D eigenvalue weighted by atomic mass is 35.5. The van der Waals surface area contributed by atoms with Crippen molar-refractivity contribution >= 4 is 21.4 Å². The molecule has 1 aromatic rings. The molecule has 4 nitrogen and oxygen atoms in total. The predicted octanol–water partition coefficient (Wildman–Crippen LogP) is 2.03. The maximum atomic E-state index is 11.6. The Labute approximate surface area is 112 Å². The number of halogens is 1. The van der Waals surface area contributed by atoms with Gasteiger partial charge < -0.3 is 9.84 Å². The Morgan fingerprint density at radius 1 is 1.39 bits per heavy atom. The summed E-state index contributed by atoms with van der Waals surface area (Å²) < 4.78 is 28.5. The molecule has 0 aliphatic heterocycles. The van der Waals surface area contributed by atoms with Gasteiger partial charge in [0.1, 0.15) is 12.4 Å². The minimum Gasteiger partial charge on any atom is -0.492 e. The van der Waals surface area contributed by atoms with Crippen molar-refractivity contribution in [1.82, 2.24) is 0 Å². The van der Waals surface area contributed by atoms with Gasteiger partial charge in [0.25, 0.3) is 0 Å². The predicted molar refractivity (Wildman–Crippen MR) is 71.8 cm³/mol. The van der Waals surface area contributed by atoms with Crippen LogP contribution in [0.5, 0.6) is 5.75 Å². The van der Waals surface area contributed by atoms with E-state index in [0.29, 0.717) is 16.3 Å². The summed E-state index contributed by atoms with van der Waals surface area (Å²) in [5, 5.41) is 9.15. The summed E-state index contributed by atoms with van der Waals surface area (Å²) in [5.41, 5.74) is 0.473. The van der Waals surface area contributed by atoms with Gasteiger partial charge in [-0.1, -0.05) is 17.7 Å².